The van der Waals surface area contributed by atoms with Crippen LogP contribution in [-0.4, -0.2) is 42.3 Å². The number of carbonyl (C=O) groups excluding carboxylic acids is 3. The second-order valence-electron chi connectivity index (χ2n) is 4.28. The summed E-state index contributed by atoms with van der Waals surface area (Å²) in [6, 6.07) is 6.76. The molecule has 1 rings (SSSR count). The van der Waals surface area contributed by atoms with Crippen LogP contribution in [0.3, 0.4) is 0 Å². The Kier molecular flexibility index (Phi) is 8.39. The van der Waals surface area contributed by atoms with Crippen molar-refractivity contribution in [3.8, 4) is 0 Å². The Bertz CT molecular complexity index is 523. The van der Waals surface area contributed by atoms with Gasteiger partial charge in [0.2, 0.25) is 17.7 Å². The maximum Gasteiger partial charge on any atom is 0.239 e. The first kappa shape index (κ1) is 18.3. The van der Waals surface area contributed by atoms with E-state index in [1.54, 1.807) is 31.2 Å². The fourth-order valence-corrected chi connectivity index (χ4v) is 2.23. The summed E-state index contributed by atoms with van der Waals surface area (Å²) >= 11 is 6.92. The third-order valence-electron chi connectivity index (χ3n) is 2.41. The highest BCUT2D eigenvalue weighted by Gasteiger charge is 2.07. The van der Waals surface area contributed by atoms with Gasteiger partial charge >= 0.3 is 0 Å². The van der Waals surface area contributed by atoms with E-state index in [0.29, 0.717) is 17.3 Å². The first-order valence-electron chi connectivity index (χ1n) is 6.67. The molecule has 0 spiro atoms. The van der Waals surface area contributed by atoms with Gasteiger partial charge in [0.1, 0.15) is 0 Å². The first-order chi connectivity index (χ1) is 10.5. The van der Waals surface area contributed by atoms with Crippen LogP contribution in [0.15, 0.2) is 24.3 Å². The molecule has 6 nitrogen and oxygen atoms in total. The Morgan fingerprint density at radius 3 is 2.27 bits per heavy atom. The van der Waals surface area contributed by atoms with Crippen LogP contribution in [0.1, 0.15) is 6.92 Å². The van der Waals surface area contributed by atoms with Crippen molar-refractivity contribution in [1.29, 1.82) is 0 Å². The Balaban J connectivity index is 2.17. The molecule has 3 N–H and O–H groups in total. The number of anilines is 1. The van der Waals surface area contributed by atoms with Gasteiger partial charge in [0.15, 0.2) is 0 Å². The average Bonchev–Trinajstić information content (AvgIpc) is 2.48. The molecule has 0 saturated carbocycles. The summed E-state index contributed by atoms with van der Waals surface area (Å²) in [6.07, 6.45) is 0. The standard InChI is InChI=1S/C14H18ClN3O3S/c1-2-16-12(19)7-17-13(20)8-22-9-14(21)18-11-5-3-10(15)4-6-11/h3-6H,2,7-9H2,1H3,(H,16,19)(H,17,20)(H,18,21). The lowest BCUT2D eigenvalue weighted by molar-refractivity contribution is -0.124. The zero-order valence-corrected chi connectivity index (χ0v) is 13.7. The first-order valence-corrected chi connectivity index (χ1v) is 8.21. The number of amides is 3. The molecular weight excluding hydrogens is 326 g/mol. The minimum absolute atomic E-state index is 0.0514. The largest absolute Gasteiger partial charge is 0.355 e. The summed E-state index contributed by atoms with van der Waals surface area (Å²) in [5.41, 5.74) is 0.649. The summed E-state index contributed by atoms with van der Waals surface area (Å²) in [5, 5.41) is 8.34. The third kappa shape index (κ3) is 7.90. The van der Waals surface area contributed by atoms with E-state index in [4.69, 9.17) is 11.6 Å². The predicted molar refractivity (Wildman–Crippen MR) is 89.1 cm³/mol. The normalized spacial score (nSPS) is 9.91. The van der Waals surface area contributed by atoms with Gasteiger partial charge in [-0.25, -0.2) is 0 Å². The third-order valence-corrected chi connectivity index (χ3v) is 3.60. The van der Waals surface area contributed by atoms with Crippen LogP contribution in [0.5, 0.6) is 0 Å². The maximum atomic E-state index is 11.7. The van der Waals surface area contributed by atoms with Crippen molar-refractivity contribution in [2.75, 3.05) is 29.9 Å². The Morgan fingerprint density at radius 1 is 1.00 bits per heavy atom. The lowest BCUT2D eigenvalue weighted by Gasteiger charge is -2.06. The second kappa shape index (κ2) is 10.1. The Morgan fingerprint density at radius 2 is 1.64 bits per heavy atom. The van der Waals surface area contributed by atoms with Crippen molar-refractivity contribution in [2.24, 2.45) is 0 Å². The van der Waals surface area contributed by atoms with Gasteiger partial charge in [-0.15, -0.1) is 11.8 Å². The molecule has 0 saturated heterocycles. The maximum absolute atomic E-state index is 11.7. The fraction of sp³-hybridized carbons (Fsp3) is 0.357. The van der Waals surface area contributed by atoms with Gasteiger partial charge in [-0.2, -0.15) is 0 Å². The fourth-order valence-electron chi connectivity index (χ4n) is 1.46. The SMILES string of the molecule is CCNC(=O)CNC(=O)CSCC(=O)Nc1ccc(Cl)cc1. The smallest absolute Gasteiger partial charge is 0.239 e. The van der Waals surface area contributed by atoms with Gasteiger partial charge in [0.05, 0.1) is 18.1 Å². The second-order valence-corrected chi connectivity index (χ2v) is 5.70. The van der Waals surface area contributed by atoms with E-state index in [1.807, 2.05) is 0 Å². The van der Waals surface area contributed by atoms with Crippen molar-refractivity contribution >= 4 is 46.8 Å². The van der Waals surface area contributed by atoms with Crippen molar-refractivity contribution in [1.82, 2.24) is 10.6 Å². The number of carbonyl (C=O) groups is 3. The summed E-state index contributed by atoms with van der Waals surface area (Å²) in [4.78, 5) is 34.3. The van der Waals surface area contributed by atoms with Crippen molar-refractivity contribution in [3.63, 3.8) is 0 Å². The molecule has 22 heavy (non-hydrogen) atoms. The molecule has 0 aliphatic rings. The molecule has 3 amide bonds. The molecule has 0 radical (unpaired) electrons. The molecule has 0 bridgehead atoms. The average molecular weight is 344 g/mol. The van der Waals surface area contributed by atoms with Gasteiger partial charge in [-0.3, -0.25) is 14.4 Å². The van der Waals surface area contributed by atoms with E-state index < -0.39 is 0 Å². The molecule has 0 aromatic heterocycles. The van der Waals surface area contributed by atoms with E-state index in [2.05, 4.69) is 16.0 Å². The number of thioether (sulfide) groups is 1. The Hall–Kier alpha value is -1.73. The van der Waals surface area contributed by atoms with Crippen LogP contribution in [0.2, 0.25) is 5.02 Å². The monoisotopic (exact) mass is 343 g/mol. The van der Waals surface area contributed by atoms with Crippen LogP contribution in [0.25, 0.3) is 0 Å². The number of likely N-dealkylation sites (N-methyl/N-ethyl adjacent to an activating group) is 1. The molecule has 0 atom stereocenters. The van der Waals surface area contributed by atoms with Crippen molar-refractivity contribution in [2.45, 2.75) is 6.92 Å². The summed E-state index contributed by atoms with van der Waals surface area (Å²) in [5.74, 6) is -0.453. The minimum atomic E-state index is -0.282. The van der Waals surface area contributed by atoms with Gasteiger partial charge in [0.25, 0.3) is 0 Å². The molecule has 0 aliphatic heterocycles. The summed E-state index contributed by atoms with van der Waals surface area (Å²) in [6.45, 7) is 2.27. The molecule has 0 aliphatic carbocycles. The number of rotatable bonds is 8. The molecule has 0 heterocycles. The number of benzene rings is 1. The van der Waals surface area contributed by atoms with E-state index in [9.17, 15) is 14.4 Å². The highest BCUT2D eigenvalue weighted by Crippen LogP contribution is 2.13. The van der Waals surface area contributed by atoms with Crippen LogP contribution in [0, 0.1) is 0 Å². The highest BCUT2D eigenvalue weighted by atomic mass is 35.5. The highest BCUT2D eigenvalue weighted by molar-refractivity contribution is 8.00. The Labute approximate surface area is 138 Å². The zero-order valence-electron chi connectivity index (χ0n) is 12.1. The van der Waals surface area contributed by atoms with Gasteiger partial charge in [-0.1, -0.05) is 11.6 Å². The number of hydrogen-bond acceptors (Lipinski definition) is 4. The van der Waals surface area contributed by atoms with Crippen molar-refractivity contribution in [3.05, 3.63) is 29.3 Å². The minimum Gasteiger partial charge on any atom is -0.355 e. The quantitative estimate of drug-likeness (QED) is 0.663. The van der Waals surface area contributed by atoms with E-state index in [-0.39, 0.29) is 35.8 Å². The molecule has 0 unspecified atom stereocenters. The van der Waals surface area contributed by atoms with Crippen LogP contribution < -0.4 is 16.0 Å². The number of halogens is 1. The van der Waals surface area contributed by atoms with Crippen LogP contribution in [0.4, 0.5) is 5.69 Å². The number of hydrogen-bond donors (Lipinski definition) is 3. The molecule has 0 fully saturated rings. The number of nitrogens with one attached hydrogen (secondary N) is 3. The lowest BCUT2D eigenvalue weighted by atomic mass is 10.3. The molecule has 1 aromatic rings. The molecule has 8 heteroatoms. The summed E-state index contributed by atoms with van der Waals surface area (Å²) < 4.78 is 0. The van der Waals surface area contributed by atoms with E-state index >= 15 is 0 Å². The zero-order chi connectivity index (χ0) is 16.4. The topological polar surface area (TPSA) is 87.3 Å². The molecule has 1 aromatic carbocycles. The predicted octanol–water partition coefficient (Wildman–Crippen LogP) is 1.26. The lowest BCUT2D eigenvalue weighted by Crippen LogP contribution is -2.37. The van der Waals surface area contributed by atoms with Gasteiger partial charge in [0, 0.05) is 17.3 Å². The molecular formula is C14H18ClN3O3S. The van der Waals surface area contributed by atoms with Crippen LogP contribution >= 0.6 is 23.4 Å². The van der Waals surface area contributed by atoms with Crippen LogP contribution in [-0.2, 0) is 14.4 Å². The van der Waals surface area contributed by atoms with Gasteiger partial charge in [-0.05, 0) is 31.2 Å². The van der Waals surface area contributed by atoms with E-state index in [1.165, 1.54) is 11.8 Å². The summed E-state index contributed by atoms with van der Waals surface area (Å²) in [7, 11) is 0. The van der Waals surface area contributed by atoms with Gasteiger partial charge < -0.3 is 16.0 Å². The molecule has 120 valence electrons. The van der Waals surface area contributed by atoms with Crippen molar-refractivity contribution < 1.29 is 14.4 Å². The van der Waals surface area contributed by atoms with E-state index in [0.717, 1.165) is 0 Å².